The van der Waals surface area contributed by atoms with E-state index in [1.165, 1.54) is 5.56 Å². The van der Waals surface area contributed by atoms with E-state index in [2.05, 4.69) is 61.3 Å². The Bertz CT molecular complexity index is 1080. The standard InChI is InChI=1S/C23H22N4O/c1-23(2,3)16-11-9-14(10-12-16)18-17(13-24)21(25)28-22-19(18)20(26-27-22)15-7-5-4-6-8-15/h4-12,18H,25H2,1-3H3,(H,26,27). The predicted octanol–water partition coefficient (Wildman–Crippen LogP) is 4.59. The first-order valence-electron chi connectivity index (χ1n) is 9.22. The van der Waals surface area contributed by atoms with Crippen LogP contribution in [-0.2, 0) is 5.41 Å². The number of allylic oxidation sites excluding steroid dienone is 1. The minimum absolute atomic E-state index is 0.0527. The van der Waals surface area contributed by atoms with Crippen LogP contribution in [0.25, 0.3) is 11.3 Å². The summed E-state index contributed by atoms with van der Waals surface area (Å²) in [5.41, 5.74) is 11.4. The molecule has 2 aromatic carbocycles. The zero-order chi connectivity index (χ0) is 19.9. The number of hydrogen-bond acceptors (Lipinski definition) is 4. The van der Waals surface area contributed by atoms with E-state index in [1.807, 2.05) is 30.3 Å². The number of hydrogen-bond donors (Lipinski definition) is 2. The first-order chi connectivity index (χ1) is 13.4. The third-order valence-electron chi connectivity index (χ3n) is 5.11. The average Bonchev–Trinajstić information content (AvgIpc) is 3.10. The number of benzene rings is 2. The lowest BCUT2D eigenvalue weighted by molar-refractivity contribution is 0.379. The number of nitrogens with one attached hydrogen (secondary N) is 1. The van der Waals surface area contributed by atoms with Crippen LogP contribution < -0.4 is 10.5 Å². The minimum Gasteiger partial charge on any atom is -0.420 e. The van der Waals surface area contributed by atoms with E-state index >= 15 is 0 Å². The van der Waals surface area contributed by atoms with Crippen LogP contribution in [0.4, 0.5) is 0 Å². The highest BCUT2D eigenvalue weighted by atomic mass is 16.5. The van der Waals surface area contributed by atoms with Gasteiger partial charge in [-0.1, -0.05) is 75.4 Å². The first-order valence-corrected chi connectivity index (χ1v) is 9.22. The maximum absolute atomic E-state index is 9.80. The van der Waals surface area contributed by atoms with Crippen LogP contribution in [0.2, 0.25) is 0 Å². The van der Waals surface area contributed by atoms with Gasteiger partial charge in [-0.3, -0.25) is 5.10 Å². The van der Waals surface area contributed by atoms with Gasteiger partial charge in [-0.2, -0.15) is 5.26 Å². The van der Waals surface area contributed by atoms with Crippen molar-refractivity contribution in [1.82, 2.24) is 10.2 Å². The van der Waals surface area contributed by atoms with Crippen LogP contribution >= 0.6 is 0 Å². The monoisotopic (exact) mass is 370 g/mol. The van der Waals surface area contributed by atoms with Crippen LogP contribution in [0, 0.1) is 11.3 Å². The molecule has 140 valence electrons. The van der Waals surface area contributed by atoms with Gasteiger partial charge in [0, 0.05) is 0 Å². The largest absolute Gasteiger partial charge is 0.420 e. The Hall–Kier alpha value is -3.52. The predicted molar refractivity (Wildman–Crippen MR) is 108 cm³/mol. The van der Waals surface area contributed by atoms with Gasteiger partial charge in [-0.15, -0.1) is 5.10 Å². The second-order valence-corrected chi connectivity index (χ2v) is 7.98. The Balaban J connectivity index is 1.89. The third-order valence-corrected chi connectivity index (χ3v) is 5.11. The second kappa shape index (κ2) is 6.58. The SMILES string of the molecule is CC(C)(C)c1ccc(C2C(C#N)=C(N)Oc3n[nH]c(-c4ccccc4)c32)cc1. The number of nitrogens with two attached hydrogens (primary N) is 1. The summed E-state index contributed by atoms with van der Waals surface area (Å²) in [6.45, 7) is 6.53. The summed E-state index contributed by atoms with van der Waals surface area (Å²) in [7, 11) is 0. The van der Waals surface area contributed by atoms with Crippen molar-refractivity contribution in [2.75, 3.05) is 0 Å². The maximum Gasteiger partial charge on any atom is 0.244 e. The Morgan fingerprint density at radius 1 is 1.07 bits per heavy atom. The lowest BCUT2D eigenvalue weighted by Crippen LogP contribution is -2.21. The van der Waals surface area contributed by atoms with E-state index in [0.717, 1.165) is 22.4 Å². The fraction of sp³-hybridized carbons (Fsp3) is 0.217. The molecule has 0 saturated heterocycles. The van der Waals surface area contributed by atoms with Gasteiger partial charge in [0.15, 0.2) is 0 Å². The van der Waals surface area contributed by atoms with Gasteiger partial charge in [0.1, 0.15) is 11.6 Å². The van der Waals surface area contributed by atoms with Gasteiger partial charge < -0.3 is 10.5 Å². The molecule has 3 N–H and O–H groups in total. The van der Waals surface area contributed by atoms with Crippen molar-refractivity contribution in [3.05, 3.63) is 82.7 Å². The molecular weight excluding hydrogens is 348 g/mol. The summed E-state index contributed by atoms with van der Waals surface area (Å²) >= 11 is 0. The number of aromatic amines is 1. The lowest BCUT2D eigenvalue weighted by atomic mass is 9.81. The Kier molecular flexibility index (Phi) is 4.20. The van der Waals surface area contributed by atoms with Crippen molar-refractivity contribution in [2.45, 2.75) is 32.1 Å². The highest BCUT2D eigenvalue weighted by Crippen LogP contribution is 2.45. The van der Waals surface area contributed by atoms with Gasteiger partial charge in [-0.25, -0.2) is 0 Å². The van der Waals surface area contributed by atoms with Crippen LogP contribution in [0.15, 0.2) is 66.1 Å². The normalized spacial score (nSPS) is 16.3. The van der Waals surface area contributed by atoms with Crippen molar-refractivity contribution in [3.8, 4) is 23.2 Å². The molecule has 2 heterocycles. The zero-order valence-electron chi connectivity index (χ0n) is 16.2. The number of nitriles is 1. The number of aromatic nitrogens is 2. The van der Waals surface area contributed by atoms with E-state index in [1.54, 1.807) is 0 Å². The summed E-state index contributed by atoms with van der Waals surface area (Å²) in [5.74, 6) is 0.183. The van der Waals surface area contributed by atoms with Gasteiger partial charge >= 0.3 is 0 Å². The van der Waals surface area contributed by atoms with Gasteiger partial charge in [0.05, 0.1) is 17.2 Å². The smallest absolute Gasteiger partial charge is 0.244 e. The molecule has 4 rings (SSSR count). The van der Waals surface area contributed by atoms with Gasteiger partial charge in [0.2, 0.25) is 11.8 Å². The van der Waals surface area contributed by atoms with E-state index in [9.17, 15) is 5.26 Å². The molecule has 0 spiro atoms. The molecular formula is C23H22N4O. The molecule has 3 aromatic rings. The Labute approximate surface area is 164 Å². The molecule has 1 unspecified atom stereocenters. The quantitative estimate of drug-likeness (QED) is 0.690. The molecule has 0 amide bonds. The fourth-order valence-electron chi connectivity index (χ4n) is 3.58. The second-order valence-electron chi connectivity index (χ2n) is 7.98. The van der Waals surface area contributed by atoms with Crippen LogP contribution in [0.5, 0.6) is 5.88 Å². The molecule has 1 aromatic heterocycles. The molecule has 28 heavy (non-hydrogen) atoms. The molecule has 5 nitrogen and oxygen atoms in total. The van der Waals surface area contributed by atoms with Crippen LogP contribution in [0.3, 0.4) is 0 Å². The average molecular weight is 370 g/mol. The van der Waals surface area contributed by atoms with Crippen molar-refractivity contribution >= 4 is 0 Å². The summed E-state index contributed by atoms with van der Waals surface area (Å²) in [6.07, 6.45) is 0. The number of rotatable bonds is 2. The molecule has 1 aliphatic rings. The molecule has 0 saturated carbocycles. The summed E-state index contributed by atoms with van der Waals surface area (Å²) in [6, 6.07) is 20.5. The summed E-state index contributed by atoms with van der Waals surface area (Å²) in [4.78, 5) is 0. The maximum atomic E-state index is 9.80. The van der Waals surface area contributed by atoms with E-state index in [4.69, 9.17) is 10.5 Å². The van der Waals surface area contributed by atoms with Crippen molar-refractivity contribution in [3.63, 3.8) is 0 Å². The highest BCUT2D eigenvalue weighted by Gasteiger charge is 2.35. The van der Waals surface area contributed by atoms with Gasteiger partial charge in [0.25, 0.3) is 0 Å². The molecule has 0 fully saturated rings. The molecule has 0 bridgehead atoms. The van der Waals surface area contributed by atoms with E-state index in [-0.39, 0.29) is 17.2 Å². The number of fused-ring (bicyclic) bond motifs is 1. The third kappa shape index (κ3) is 2.93. The number of nitrogens with zero attached hydrogens (tertiary/aromatic N) is 2. The van der Waals surface area contributed by atoms with Crippen molar-refractivity contribution in [2.24, 2.45) is 5.73 Å². The van der Waals surface area contributed by atoms with Crippen molar-refractivity contribution < 1.29 is 4.74 Å². The molecule has 0 radical (unpaired) electrons. The topological polar surface area (TPSA) is 87.7 Å². The molecule has 0 aliphatic carbocycles. The first kappa shape index (κ1) is 17.9. The summed E-state index contributed by atoms with van der Waals surface area (Å²) < 4.78 is 5.66. The fourth-order valence-corrected chi connectivity index (χ4v) is 3.58. The highest BCUT2D eigenvalue weighted by molar-refractivity contribution is 5.70. The number of H-pyrrole nitrogens is 1. The molecule has 1 aliphatic heterocycles. The molecule has 5 heteroatoms. The van der Waals surface area contributed by atoms with E-state index < -0.39 is 0 Å². The summed E-state index contributed by atoms with van der Waals surface area (Å²) in [5, 5.41) is 17.2. The van der Waals surface area contributed by atoms with E-state index in [0.29, 0.717) is 11.5 Å². The van der Waals surface area contributed by atoms with Crippen LogP contribution in [-0.4, -0.2) is 10.2 Å². The molecule has 1 atom stereocenters. The zero-order valence-corrected chi connectivity index (χ0v) is 16.2. The Morgan fingerprint density at radius 2 is 1.75 bits per heavy atom. The Morgan fingerprint density at radius 3 is 2.36 bits per heavy atom. The minimum atomic E-state index is -0.336. The van der Waals surface area contributed by atoms with Gasteiger partial charge in [-0.05, 0) is 22.1 Å². The van der Waals surface area contributed by atoms with Crippen molar-refractivity contribution in [1.29, 1.82) is 5.26 Å². The lowest BCUT2D eigenvalue weighted by Gasteiger charge is -2.25. The number of ether oxygens (including phenoxy) is 1. The van der Waals surface area contributed by atoms with Crippen LogP contribution in [0.1, 0.15) is 43.4 Å².